The molecule has 35 heavy (non-hydrogen) atoms. The van der Waals surface area contributed by atoms with Crippen molar-refractivity contribution in [2.45, 2.75) is 31.2 Å². The number of benzene rings is 2. The van der Waals surface area contributed by atoms with Crippen LogP contribution >= 0.6 is 0 Å². The Morgan fingerprint density at radius 1 is 0.971 bits per heavy atom. The third-order valence-electron chi connectivity index (χ3n) is 5.62. The molecule has 1 aliphatic heterocycles. The van der Waals surface area contributed by atoms with Crippen LogP contribution in [0.3, 0.4) is 0 Å². The van der Waals surface area contributed by atoms with E-state index in [0.717, 1.165) is 0 Å². The molecule has 0 amide bonds. The molecule has 3 aromatic rings. The summed E-state index contributed by atoms with van der Waals surface area (Å²) in [5.74, 6) is -0.362. The first-order chi connectivity index (χ1) is 16.5. The number of nitrogens with zero attached hydrogens (tertiary/aromatic N) is 3. The molecule has 4 rings (SSSR count). The van der Waals surface area contributed by atoms with Crippen molar-refractivity contribution in [1.82, 2.24) is 4.98 Å². The number of halogens is 6. The van der Waals surface area contributed by atoms with E-state index in [1.165, 1.54) is 23.1 Å². The van der Waals surface area contributed by atoms with Crippen molar-refractivity contribution in [3.63, 3.8) is 0 Å². The van der Waals surface area contributed by atoms with Gasteiger partial charge in [-0.3, -0.25) is 4.98 Å². The summed E-state index contributed by atoms with van der Waals surface area (Å²) in [6, 6.07) is 15.1. The zero-order valence-corrected chi connectivity index (χ0v) is 18.2. The van der Waals surface area contributed by atoms with E-state index in [2.05, 4.69) is 9.72 Å². The minimum Gasteiger partial charge on any atom is -0.406 e. The maximum absolute atomic E-state index is 13.2. The van der Waals surface area contributed by atoms with Crippen LogP contribution in [-0.4, -0.2) is 41.8 Å². The number of aromatic nitrogens is 1. The number of pyridine rings is 1. The Morgan fingerprint density at radius 2 is 1.71 bits per heavy atom. The number of alkyl halides is 6. The van der Waals surface area contributed by atoms with Crippen molar-refractivity contribution in [3.05, 3.63) is 84.2 Å². The first-order valence-corrected chi connectivity index (χ1v) is 10.6. The zero-order chi connectivity index (χ0) is 25.2. The molecule has 0 saturated heterocycles. The Balaban J connectivity index is 1.70. The second-order valence-corrected chi connectivity index (χ2v) is 8.08. The van der Waals surface area contributed by atoms with Gasteiger partial charge in [-0.2, -0.15) is 13.2 Å². The lowest BCUT2D eigenvalue weighted by Gasteiger charge is -2.45. The third kappa shape index (κ3) is 5.97. The molecule has 5 nitrogen and oxygen atoms in total. The molecule has 0 radical (unpaired) electrons. The lowest BCUT2D eigenvalue weighted by atomic mass is 9.99. The van der Waals surface area contributed by atoms with Crippen molar-refractivity contribution in [3.8, 4) is 5.75 Å². The predicted octanol–water partition coefficient (Wildman–Crippen LogP) is 5.47. The monoisotopic (exact) mass is 497 g/mol. The van der Waals surface area contributed by atoms with Crippen LogP contribution in [0, 0.1) is 0 Å². The largest absolute Gasteiger partial charge is 0.573 e. The minimum atomic E-state index is -4.83. The quantitative estimate of drug-likeness (QED) is 0.458. The van der Waals surface area contributed by atoms with Crippen LogP contribution < -0.4 is 14.5 Å². The molecule has 11 heteroatoms. The van der Waals surface area contributed by atoms with Gasteiger partial charge in [0.25, 0.3) is 0 Å². The van der Waals surface area contributed by atoms with Gasteiger partial charge < -0.3 is 19.6 Å². The van der Waals surface area contributed by atoms with Crippen LogP contribution in [0.2, 0.25) is 0 Å². The van der Waals surface area contributed by atoms with Crippen molar-refractivity contribution >= 4 is 11.4 Å². The molecule has 2 aromatic carbocycles. The first kappa shape index (κ1) is 24.6. The molecule has 0 fully saturated rings. The Kier molecular flexibility index (Phi) is 6.79. The Bertz CT molecular complexity index is 1140. The lowest BCUT2D eigenvalue weighted by molar-refractivity contribution is -0.274. The van der Waals surface area contributed by atoms with E-state index in [4.69, 9.17) is 0 Å². The normalized spacial score (nSPS) is 17.2. The number of aliphatic hydroxyl groups is 1. The molecule has 2 heterocycles. The van der Waals surface area contributed by atoms with Gasteiger partial charge in [-0.15, -0.1) is 13.2 Å². The topological polar surface area (TPSA) is 48.8 Å². The minimum absolute atomic E-state index is 0.179. The van der Waals surface area contributed by atoms with Gasteiger partial charge >= 0.3 is 12.5 Å². The maximum Gasteiger partial charge on any atom is 0.573 e. The Labute approximate surface area is 197 Å². The van der Waals surface area contributed by atoms with Crippen LogP contribution in [0.5, 0.6) is 5.75 Å². The molecule has 0 saturated carbocycles. The van der Waals surface area contributed by atoms with Gasteiger partial charge in [-0.1, -0.05) is 30.3 Å². The van der Waals surface area contributed by atoms with E-state index in [1.807, 2.05) is 4.90 Å². The summed E-state index contributed by atoms with van der Waals surface area (Å²) >= 11 is 0. The van der Waals surface area contributed by atoms with Crippen molar-refractivity contribution in [1.29, 1.82) is 0 Å². The van der Waals surface area contributed by atoms with Crippen LogP contribution in [-0.2, 0) is 6.54 Å². The molecule has 2 atom stereocenters. The summed E-state index contributed by atoms with van der Waals surface area (Å²) in [5, 5.41) is 9.85. The van der Waals surface area contributed by atoms with Crippen molar-refractivity contribution < 1.29 is 36.2 Å². The number of anilines is 2. The van der Waals surface area contributed by atoms with Gasteiger partial charge in [0.1, 0.15) is 5.75 Å². The summed E-state index contributed by atoms with van der Waals surface area (Å²) in [6.45, 7) is -0.307. The second-order valence-electron chi connectivity index (χ2n) is 8.08. The summed E-state index contributed by atoms with van der Waals surface area (Å²) in [4.78, 5) is 7.44. The van der Waals surface area contributed by atoms with Gasteiger partial charge in [0.15, 0.2) is 6.10 Å². The highest BCUT2D eigenvalue weighted by Crippen LogP contribution is 2.42. The fraction of sp³-hybridized carbons (Fsp3) is 0.292. The molecular weight excluding hydrogens is 476 g/mol. The fourth-order valence-corrected chi connectivity index (χ4v) is 4.13. The van der Waals surface area contributed by atoms with Crippen LogP contribution in [0.25, 0.3) is 0 Å². The molecule has 1 N–H and O–H groups in total. The first-order valence-electron chi connectivity index (χ1n) is 10.6. The van der Waals surface area contributed by atoms with Crippen molar-refractivity contribution in [2.24, 2.45) is 0 Å². The highest BCUT2D eigenvalue weighted by atomic mass is 19.4. The maximum atomic E-state index is 13.2. The number of β-amino-alcohol motifs (C(OH)–C–C–N with tert-alkyl or cyclic N) is 1. The smallest absolute Gasteiger partial charge is 0.406 e. The number of hydrogen-bond acceptors (Lipinski definition) is 5. The van der Waals surface area contributed by atoms with E-state index in [0.29, 0.717) is 22.5 Å². The standard InChI is InChI=1S/C24H21F6N3O2/c25-23(26,27)22(34)15-33-20-9-2-1-8-19(20)32(14-21(33)17-6-4-10-31-12-17)13-16-5-3-7-18(11-16)35-24(28,29)30/h1-12,21-22,34H,13-15H2/t21-,22+/m0/s1. The SMILES string of the molecule is O[C@H](CN1c2ccccc2N(Cc2cccc(OC(F)(F)F)c2)C[C@H]1c1cccnc1)C(F)(F)F. The molecule has 186 valence electrons. The number of aliphatic hydroxyl groups excluding tert-OH is 1. The van der Waals surface area contributed by atoms with Gasteiger partial charge in [-0.25, -0.2) is 0 Å². The van der Waals surface area contributed by atoms with Crippen LogP contribution in [0.1, 0.15) is 17.2 Å². The average Bonchev–Trinajstić information content (AvgIpc) is 2.79. The number of hydrogen-bond donors (Lipinski definition) is 1. The third-order valence-corrected chi connectivity index (χ3v) is 5.62. The van der Waals surface area contributed by atoms with E-state index in [9.17, 15) is 31.4 Å². The number of fused-ring (bicyclic) bond motifs is 1. The summed E-state index contributed by atoms with van der Waals surface area (Å²) < 4.78 is 81.7. The van der Waals surface area contributed by atoms with Gasteiger partial charge in [0, 0.05) is 25.5 Å². The van der Waals surface area contributed by atoms with Gasteiger partial charge in [0.2, 0.25) is 0 Å². The molecule has 1 aliphatic rings. The molecule has 0 spiro atoms. The van der Waals surface area contributed by atoms with E-state index < -0.39 is 31.2 Å². The van der Waals surface area contributed by atoms with Gasteiger partial charge in [-0.05, 0) is 41.5 Å². The summed E-state index contributed by atoms with van der Waals surface area (Å²) in [6.07, 6.45) is -9.12. The molecule has 0 unspecified atom stereocenters. The molecule has 0 bridgehead atoms. The van der Waals surface area contributed by atoms with Crippen LogP contribution in [0.4, 0.5) is 37.7 Å². The summed E-state index contributed by atoms with van der Waals surface area (Å²) in [5.41, 5.74) is 2.20. The number of ether oxygens (including phenoxy) is 1. The van der Waals surface area contributed by atoms with E-state index >= 15 is 0 Å². The summed E-state index contributed by atoms with van der Waals surface area (Å²) in [7, 11) is 0. The predicted molar refractivity (Wildman–Crippen MR) is 117 cm³/mol. The fourth-order valence-electron chi connectivity index (χ4n) is 4.13. The highest BCUT2D eigenvalue weighted by Gasteiger charge is 2.42. The van der Waals surface area contributed by atoms with Gasteiger partial charge in [0.05, 0.1) is 24.0 Å². The Hall–Kier alpha value is -3.47. The van der Waals surface area contributed by atoms with Crippen LogP contribution in [0.15, 0.2) is 73.1 Å². The second kappa shape index (κ2) is 9.65. The molecule has 0 aliphatic carbocycles. The van der Waals surface area contributed by atoms with Crippen molar-refractivity contribution in [2.75, 3.05) is 22.9 Å². The molecule has 1 aromatic heterocycles. The zero-order valence-electron chi connectivity index (χ0n) is 18.2. The van der Waals surface area contributed by atoms with E-state index in [-0.39, 0.29) is 18.8 Å². The van der Waals surface area contributed by atoms with E-state index in [1.54, 1.807) is 54.9 Å². The Morgan fingerprint density at radius 3 is 2.37 bits per heavy atom. The molecular formula is C24H21F6N3O2. The lowest BCUT2D eigenvalue weighted by Crippen LogP contribution is -2.49. The highest BCUT2D eigenvalue weighted by molar-refractivity contribution is 5.74. The number of para-hydroxylation sites is 2. The number of rotatable bonds is 6. The average molecular weight is 497 g/mol.